The third kappa shape index (κ3) is 3.71. The molecule has 106 valence electrons. The first kappa shape index (κ1) is 14.3. The molecule has 1 N–H and O–H groups in total. The maximum absolute atomic E-state index is 3.80. The third-order valence-electron chi connectivity index (χ3n) is 5.07. The van der Waals surface area contributed by atoms with Crippen LogP contribution in [0.1, 0.15) is 65.2 Å². The van der Waals surface area contributed by atoms with Gasteiger partial charge in [-0.25, -0.2) is 0 Å². The van der Waals surface area contributed by atoms with Gasteiger partial charge >= 0.3 is 0 Å². The summed E-state index contributed by atoms with van der Waals surface area (Å²) in [5.74, 6) is 0.959. The highest BCUT2D eigenvalue weighted by Crippen LogP contribution is 2.28. The van der Waals surface area contributed by atoms with Gasteiger partial charge in [0.1, 0.15) is 0 Å². The quantitative estimate of drug-likeness (QED) is 0.806. The zero-order chi connectivity index (χ0) is 12.8. The highest BCUT2D eigenvalue weighted by molar-refractivity contribution is 4.88. The molecule has 2 nitrogen and oxygen atoms in total. The molecule has 1 aliphatic carbocycles. The van der Waals surface area contributed by atoms with Crippen LogP contribution < -0.4 is 5.32 Å². The molecule has 2 aliphatic rings. The van der Waals surface area contributed by atoms with E-state index in [4.69, 9.17) is 0 Å². The number of rotatable bonds is 5. The van der Waals surface area contributed by atoms with E-state index < -0.39 is 0 Å². The summed E-state index contributed by atoms with van der Waals surface area (Å²) < 4.78 is 0. The van der Waals surface area contributed by atoms with Crippen molar-refractivity contribution in [2.24, 2.45) is 5.92 Å². The van der Waals surface area contributed by atoms with Crippen molar-refractivity contribution in [1.29, 1.82) is 0 Å². The van der Waals surface area contributed by atoms with E-state index in [1.165, 1.54) is 71.0 Å². The molecule has 0 aromatic rings. The molecule has 2 unspecified atom stereocenters. The molecule has 2 rings (SSSR count). The SMILES string of the molecule is CCCC(CC)N1CCNC(C2CCCCC2)C1. The number of hydrogen-bond donors (Lipinski definition) is 1. The largest absolute Gasteiger partial charge is 0.311 e. The van der Waals surface area contributed by atoms with Crippen molar-refractivity contribution in [1.82, 2.24) is 10.2 Å². The lowest BCUT2D eigenvalue weighted by Gasteiger charge is -2.42. The average Bonchev–Trinajstić information content (AvgIpc) is 2.46. The molecule has 1 saturated carbocycles. The summed E-state index contributed by atoms with van der Waals surface area (Å²) in [6.07, 6.45) is 11.4. The van der Waals surface area contributed by atoms with Crippen LogP contribution in [0.3, 0.4) is 0 Å². The lowest BCUT2D eigenvalue weighted by Crippen LogP contribution is -2.56. The average molecular weight is 252 g/mol. The van der Waals surface area contributed by atoms with Crippen molar-refractivity contribution < 1.29 is 0 Å². The third-order valence-corrected chi connectivity index (χ3v) is 5.07. The van der Waals surface area contributed by atoms with Gasteiger partial charge in [-0.15, -0.1) is 0 Å². The molecule has 0 aromatic heterocycles. The predicted octanol–water partition coefficient (Wildman–Crippen LogP) is 3.42. The standard InChI is InChI=1S/C16H32N2/c1-3-8-15(4-2)18-12-11-17-16(13-18)14-9-6-5-7-10-14/h14-17H,3-13H2,1-2H3. The van der Waals surface area contributed by atoms with Crippen molar-refractivity contribution in [3.8, 4) is 0 Å². The minimum absolute atomic E-state index is 0.782. The van der Waals surface area contributed by atoms with Crippen molar-refractivity contribution in [2.45, 2.75) is 77.3 Å². The fourth-order valence-corrected chi connectivity index (χ4v) is 3.96. The highest BCUT2D eigenvalue weighted by atomic mass is 15.2. The number of nitrogens with one attached hydrogen (secondary N) is 1. The van der Waals surface area contributed by atoms with Gasteiger partial charge in [-0.3, -0.25) is 4.90 Å². The van der Waals surface area contributed by atoms with Crippen LogP contribution in [0.4, 0.5) is 0 Å². The molecule has 1 saturated heterocycles. The molecular weight excluding hydrogens is 220 g/mol. The molecule has 0 radical (unpaired) electrons. The fraction of sp³-hybridized carbons (Fsp3) is 1.00. The minimum Gasteiger partial charge on any atom is -0.311 e. The van der Waals surface area contributed by atoms with Gasteiger partial charge < -0.3 is 5.32 Å². The van der Waals surface area contributed by atoms with Crippen molar-refractivity contribution >= 4 is 0 Å². The Kier molecular flexibility index (Phi) is 5.97. The van der Waals surface area contributed by atoms with Gasteiger partial charge in [0.25, 0.3) is 0 Å². The van der Waals surface area contributed by atoms with Gasteiger partial charge in [0, 0.05) is 31.7 Å². The lowest BCUT2D eigenvalue weighted by molar-refractivity contribution is 0.101. The smallest absolute Gasteiger partial charge is 0.0223 e. The lowest BCUT2D eigenvalue weighted by atomic mass is 9.83. The normalized spacial score (nSPS) is 29.3. The second kappa shape index (κ2) is 7.49. The minimum atomic E-state index is 0.782. The maximum atomic E-state index is 3.80. The Labute approximate surface area is 114 Å². The predicted molar refractivity (Wildman–Crippen MR) is 78.9 cm³/mol. The summed E-state index contributed by atoms with van der Waals surface area (Å²) in [4.78, 5) is 2.78. The second-order valence-corrected chi connectivity index (χ2v) is 6.30. The first-order valence-electron chi connectivity index (χ1n) is 8.32. The van der Waals surface area contributed by atoms with Crippen LogP contribution in [-0.4, -0.2) is 36.6 Å². The van der Waals surface area contributed by atoms with E-state index >= 15 is 0 Å². The highest BCUT2D eigenvalue weighted by Gasteiger charge is 2.30. The van der Waals surface area contributed by atoms with Crippen LogP contribution in [0.2, 0.25) is 0 Å². The van der Waals surface area contributed by atoms with Crippen LogP contribution in [0.5, 0.6) is 0 Å². The Bertz CT molecular complexity index is 212. The van der Waals surface area contributed by atoms with E-state index in [2.05, 4.69) is 24.1 Å². The molecular formula is C16H32N2. The Morgan fingerprint density at radius 3 is 2.61 bits per heavy atom. The Morgan fingerprint density at radius 2 is 1.94 bits per heavy atom. The molecule has 0 spiro atoms. The number of nitrogens with zero attached hydrogens (tertiary/aromatic N) is 1. The van der Waals surface area contributed by atoms with Gasteiger partial charge in [-0.2, -0.15) is 0 Å². The zero-order valence-corrected chi connectivity index (χ0v) is 12.5. The Balaban J connectivity index is 1.86. The molecule has 0 aromatic carbocycles. The molecule has 2 atom stereocenters. The van der Waals surface area contributed by atoms with Gasteiger partial charge in [0.2, 0.25) is 0 Å². The summed E-state index contributed by atoms with van der Waals surface area (Å²) in [5, 5.41) is 3.80. The number of piperazine rings is 1. The molecule has 0 bridgehead atoms. The summed E-state index contributed by atoms with van der Waals surface area (Å²) in [7, 11) is 0. The van der Waals surface area contributed by atoms with Gasteiger partial charge in [-0.05, 0) is 31.6 Å². The topological polar surface area (TPSA) is 15.3 Å². The summed E-state index contributed by atoms with van der Waals surface area (Å²) in [5.41, 5.74) is 0. The molecule has 18 heavy (non-hydrogen) atoms. The molecule has 0 amide bonds. The van der Waals surface area contributed by atoms with E-state index in [0.717, 1.165) is 18.0 Å². The molecule has 2 heteroatoms. The van der Waals surface area contributed by atoms with Crippen molar-refractivity contribution in [2.75, 3.05) is 19.6 Å². The monoisotopic (exact) mass is 252 g/mol. The van der Waals surface area contributed by atoms with Gasteiger partial charge in [0.05, 0.1) is 0 Å². The molecule has 2 fully saturated rings. The van der Waals surface area contributed by atoms with Crippen LogP contribution in [0, 0.1) is 5.92 Å². The second-order valence-electron chi connectivity index (χ2n) is 6.30. The van der Waals surface area contributed by atoms with E-state index in [-0.39, 0.29) is 0 Å². The Morgan fingerprint density at radius 1 is 1.17 bits per heavy atom. The summed E-state index contributed by atoms with van der Waals surface area (Å²) in [6.45, 7) is 8.47. The van der Waals surface area contributed by atoms with E-state index in [9.17, 15) is 0 Å². The number of hydrogen-bond acceptors (Lipinski definition) is 2. The Hall–Kier alpha value is -0.0800. The molecule has 1 aliphatic heterocycles. The summed E-state index contributed by atoms with van der Waals surface area (Å²) in [6, 6.07) is 1.62. The van der Waals surface area contributed by atoms with Gasteiger partial charge in [0.15, 0.2) is 0 Å². The van der Waals surface area contributed by atoms with Crippen molar-refractivity contribution in [3.63, 3.8) is 0 Å². The van der Waals surface area contributed by atoms with Crippen molar-refractivity contribution in [3.05, 3.63) is 0 Å². The first-order chi connectivity index (χ1) is 8.85. The van der Waals surface area contributed by atoms with E-state index in [0.29, 0.717) is 0 Å². The zero-order valence-electron chi connectivity index (χ0n) is 12.5. The molecule has 1 heterocycles. The van der Waals surface area contributed by atoms with E-state index in [1.54, 1.807) is 0 Å². The fourth-order valence-electron chi connectivity index (χ4n) is 3.96. The van der Waals surface area contributed by atoms with E-state index in [1.807, 2.05) is 0 Å². The van der Waals surface area contributed by atoms with Crippen LogP contribution in [-0.2, 0) is 0 Å². The maximum Gasteiger partial charge on any atom is 0.0223 e. The van der Waals surface area contributed by atoms with Crippen LogP contribution >= 0.6 is 0 Å². The van der Waals surface area contributed by atoms with Crippen LogP contribution in [0.15, 0.2) is 0 Å². The van der Waals surface area contributed by atoms with Crippen LogP contribution in [0.25, 0.3) is 0 Å². The summed E-state index contributed by atoms with van der Waals surface area (Å²) >= 11 is 0. The van der Waals surface area contributed by atoms with Gasteiger partial charge in [-0.1, -0.05) is 39.5 Å². The first-order valence-corrected chi connectivity index (χ1v) is 8.32.